The van der Waals surface area contributed by atoms with Crippen LogP contribution < -0.4 is 9.47 Å². The van der Waals surface area contributed by atoms with Gasteiger partial charge in [0.25, 0.3) is 20.2 Å². The summed E-state index contributed by atoms with van der Waals surface area (Å²) in [4.78, 5) is 9.08. The van der Waals surface area contributed by atoms with E-state index in [0.717, 1.165) is 0 Å². The van der Waals surface area contributed by atoms with Gasteiger partial charge in [0.05, 0.1) is 5.56 Å². The maximum atomic E-state index is 11.2. The van der Waals surface area contributed by atoms with E-state index in [1.165, 1.54) is 0 Å². The first-order valence-corrected chi connectivity index (χ1v) is 7.91. The molecule has 2 rings (SSSR count). The Balaban J connectivity index is 2.96. The Kier molecular flexibility index (Phi) is 3.46. The van der Waals surface area contributed by atoms with Gasteiger partial charge in [0.15, 0.2) is 17.8 Å². The summed E-state index contributed by atoms with van der Waals surface area (Å²) in [5, 5.41) is 0. The molecule has 1 aliphatic heterocycles. The third kappa shape index (κ3) is 2.47. The predicted octanol–water partition coefficient (Wildman–Crippen LogP) is -0.236. The van der Waals surface area contributed by atoms with Crippen LogP contribution in [0.2, 0.25) is 0 Å². The molecule has 0 fully saturated rings. The van der Waals surface area contributed by atoms with Gasteiger partial charge in [0.1, 0.15) is 23.0 Å². The summed E-state index contributed by atoms with van der Waals surface area (Å²) in [7, 11) is -9.75. The molecule has 11 heteroatoms. The molecular formula is C9H8O9S2. The summed E-state index contributed by atoms with van der Waals surface area (Å²) >= 11 is 0. The highest BCUT2D eigenvalue weighted by Crippen LogP contribution is 2.42. The molecule has 0 unspecified atom stereocenters. The molecule has 20 heavy (non-hydrogen) atoms. The average Bonchev–Trinajstić information content (AvgIpc) is 2.34. The summed E-state index contributed by atoms with van der Waals surface area (Å²) in [6.45, 7) is -0.118. The fraction of sp³-hybridized carbons (Fsp3) is 0.222. The molecule has 1 aliphatic rings. The highest BCUT2D eigenvalue weighted by atomic mass is 32.2. The minimum Gasteiger partial charge on any atom is -0.485 e. The quantitative estimate of drug-likeness (QED) is 0.568. The summed E-state index contributed by atoms with van der Waals surface area (Å²) in [6, 6.07) is 0.432. The summed E-state index contributed by atoms with van der Waals surface area (Å²) in [5.41, 5.74) is -0.588. The van der Waals surface area contributed by atoms with E-state index < -0.39 is 47.1 Å². The number of hydrogen-bond donors (Lipinski definition) is 2. The van der Waals surface area contributed by atoms with E-state index >= 15 is 0 Å². The summed E-state index contributed by atoms with van der Waals surface area (Å²) in [5.74, 6) is -0.942. The van der Waals surface area contributed by atoms with Crippen LogP contribution in [0, 0.1) is 0 Å². The van der Waals surface area contributed by atoms with Crippen LogP contribution in [-0.4, -0.2) is 45.4 Å². The van der Waals surface area contributed by atoms with Crippen LogP contribution in [0.25, 0.3) is 0 Å². The van der Waals surface area contributed by atoms with Gasteiger partial charge in [-0.2, -0.15) is 16.8 Å². The van der Waals surface area contributed by atoms with Crippen molar-refractivity contribution in [3.63, 3.8) is 0 Å². The van der Waals surface area contributed by atoms with E-state index in [1.54, 1.807) is 0 Å². The van der Waals surface area contributed by atoms with Crippen LogP contribution >= 0.6 is 0 Å². The summed E-state index contributed by atoms with van der Waals surface area (Å²) in [6.07, 6.45) is 0.0738. The predicted molar refractivity (Wildman–Crippen MR) is 62.4 cm³/mol. The van der Waals surface area contributed by atoms with Crippen LogP contribution in [-0.2, 0) is 20.2 Å². The first kappa shape index (κ1) is 14.7. The maximum Gasteiger partial charge on any atom is 0.298 e. The molecule has 0 saturated heterocycles. The normalized spacial score (nSPS) is 14.9. The Morgan fingerprint density at radius 2 is 1.45 bits per heavy atom. The van der Waals surface area contributed by atoms with E-state index in [2.05, 4.69) is 0 Å². The molecule has 1 aromatic rings. The van der Waals surface area contributed by atoms with Crippen LogP contribution in [0.15, 0.2) is 15.9 Å². The summed E-state index contributed by atoms with van der Waals surface area (Å²) < 4.78 is 73.0. The minimum absolute atomic E-state index is 0.0565. The molecule has 1 heterocycles. The van der Waals surface area contributed by atoms with Crippen molar-refractivity contribution in [2.75, 3.05) is 13.2 Å². The van der Waals surface area contributed by atoms with Gasteiger partial charge in [-0.15, -0.1) is 0 Å². The Morgan fingerprint density at radius 1 is 0.950 bits per heavy atom. The van der Waals surface area contributed by atoms with Crippen LogP contribution in [0.4, 0.5) is 0 Å². The molecule has 0 atom stereocenters. The van der Waals surface area contributed by atoms with Crippen molar-refractivity contribution >= 4 is 26.5 Å². The van der Waals surface area contributed by atoms with E-state index in [4.69, 9.17) is 18.6 Å². The molecule has 0 radical (unpaired) electrons. The van der Waals surface area contributed by atoms with Gasteiger partial charge in [-0.3, -0.25) is 13.9 Å². The lowest BCUT2D eigenvalue weighted by atomic mass is 10.2. The maximum absolute atomic E-state index is 11.2. The first-order valence-electron chi connectivity index (χ1n) is 5.03. The minimum atomic E-state index is -4.90. The number of carbonyl (C=O) groups is 1. The molecular weight excluding hydrogens is 316 g/mol. The number of benzene rings is 1. The highest BCUT2D eigenvalue weighted by Gasteiger charge is 2.32. The standard InChI is InChI=1S/C9H8O9S2/c10-4-5-6(19(11,12)13)3-7(20(14,15)16)9-8(5)17-1-2-18-9/h3-4H,1-2H2,(H,11,12,13)(H,14,15,16). The molecule has 0 spiro atoms. The zero-order chi connectivity index (χ0) is 15.1. The van der Waals surface area contributed by atoms with Gasteiger partial charge in [-0.05, 0) is 6.07 Å². The Morgan fingerprint density at radius 3 is 1.90 bits per heavy atom. The van der Waals surface area contributed by atoms with Crippen LogP contribution in [0.3, 0.4) is 0 Å². The van der Waals surface area contributed by atoms with Crippen molar-refractivity contribution in [1.29, 1.82) is 0 Å². The van der Waals surface area contributed by atoms with Crippen LogP contribution in [0.1, 0.15) is 10.4 Å². The van der Waals surface area contributed by atoms with Crippen molar-refractivity contribution in [2.45, 2.75) is 9.79 Å². The van der Waals surface area contributed by atoms with Gasteiger partial charge in [-0.25, -0.2) is 0 Å². The zero-order valence-corrected chi connectivity index (χ0v) is 11.3. The molecule has 0 saturated carbocycles. The van der Waals surface area contributed by atoms with Crippen molar-refractivity contribution in [1.82, 2.24) is 0 Å². The van der Waals surface area contributed by atoms with Gasteiger partial charge >= 0.3 is 0 Å². The van der Waals surface area contributed by atoms with E-state index in [9.17, 15) is 21.6 Å². The largest absolute Gasteiger partial charge is 0.485 e. The second kappa shape index (κ2) is 4.70. The molecule has 9 nitrogen and oxygen atoms in total. The van der Waals surface area contributed by atoms with Crippen molar-refractivity contribution < 1.29 is 40.2 Å². The Labute approximate surface area is 113 Å². The molecule has 0 aliphatic carbocycles. The lowest BCUT2D eigenvalue weighted by Crippen LogP contribution is -2.20. The lowest BCUT2D eigenvalue weighted by Gasteiger charge is -2.22. The van der Waals surface area contributed by atoms with Gasteiger partial charge in [0, 0.05) is 0 Å². The molecule has 110 valence electrons. The van der Waals surface area contributed by atoms with E-state index in [-0.39, 0.29) is 19.5 Å². The topological polar surface area (TPSA) is 144 Å². The van der Waals surface area contributed by atoms with Crippen LogP contribution in [0.5, 0.6) is 11.5 Å². The smallest absolute Gasteiger partial charge is 0.298 e. The van der Waals surface area contributed by atoms with Crippen molar-refractivity contribution in [3.8, 4) is 11.5 Å². The second-order valence-corrected chi connectivity index (χ2v) is 6.49. The molecule has 0 bridgehead atoms. The van der Waals surface area contributed by atoms with Gasteiger partial charge in [-0.1, -0.05) is 0 Å². The lowest BCUT2D eigenvalue weighted by molar-refractivity contribution is 0.110. The fourth-order valence-corrected chi connectivity index (χ4v) is 3.11. The highest BCUT2D eigenvalue weighted by molar-refractivity contribution is 7.86. The van der Waals surface area contributed by atoms with Crippen molar-refractivity contribution in [3.05, 3.63) is 11.6 Å². The number of ether oxygens (including phenoxy) is 2. The third-order valence-corrected chi connectivity index (χ3v) is 4.20. The molecule has 0 amide bonds. The molecule has 2 N–H and O–H groups in total. The van der Waals surface area contributed by atoms with Crippen molar-refractivity contribution in [2.24, 2.45) is 0 Å². The Bertz CT molecular complexity index is 776. The number of carbonyl (C=O) groups excluding carboxylic acids is 1. The second-order valence-electron chi connectivity index (χ2n) is 3.71. The molecule has 0 aromatic heterocycles. The zero-order valence-electron chi connectivity index (χ0n) is 9.64. The Hall–Kier alpha value is -1.69. The third-order valence-electron chi connectivity index (χ3n) is 2.45. The van der Waals surface area contributed by atoms with E-state index in [1.807, 2.05) is 0 Å². The van der Waals surface area contributed by atoms with Gasteiger partial charge in [0.2, 0.25) is 0 Å². The number of rotatable bonds is 3. The number of hydrogen-bond acceptors (Lipinski definition) is 7. The van der Waals surface area contributed by atoms with E-state index in [0.29, 0.717) is 6.07 Å². The molecule has 1 aromatic carbocycles. The fourth-order valence-electron chi connectivity index (χ4n) is 1.69. The monoisotopic (exact) mass is 324 g/mol. The van der Waals surface area contributed by atoms with Gasteiger partial charge < -0.3 is 9.47 Å². The SMILES string of the molecule is O=Cc1c(S(=O)(=O)O)cc(S(=O)(=O)O)c2c1OCCO2. The average molecular weight is 324 g/mol. The first-order chi connectivity index (χ1) is 9.16. The number of fused-ring (bicyclic) bond motifs is 1. The number of aldehydes is 1.